The van der Waals surface area contributed by atoms with E-state index in [-0.39, 0.29) is 24.4 Å². The highest BCUT2D eigenvalue weighted by atomic mass is 16.4. The van der Waals surface area contributed by atoms with E-state index in [9.17, 15) is 4.79 Å². The van der Waals surface area contributed by atoms with Gasteiger partial charge in [0.25, 0.3) is 0 Å². The van der Waals surface area contributed by atoms with Crippen molar-refractivity contribution in [3.8, 4) is 0 Å². The molecule has 3 atom stereocenters. The van der Waals surface area contributed by atoms with Crippen LogP contribution in [0.15, 0.2) is 30.3 Å². The third-order valence-electron chi connectivity index (χ3n) is 3.11. The van der Waals surface area contributed by atoms with Gasteiger partial charge in [0, 0.05) is 12.0 Å². The van der Waals surface area contributed by atoms with Gasteiger partial charge in [0.2, 0.25) is 0 Å². The van der Waals surface area contributed by atoms with Crippen LogP contribution in [-0.4, -0.2) is 17.1 Å². The maximum absolute atomic E-state index is 10.8. The lowest BCUT2D eigenvalue weighted by Crippen LogP contribution is -2.29. The quantitative estimate of drug-likeness (QED) is 0.719. The Morgan fingerprint density at radius 2 is 2.00 bits per heavy atom. The van der Waals surface area contributed by atoms with Gasteiger partial charge in [-0.25, -0.2) is 5.43 Å². The van der Waals surface area contributed by atoms with E-state index in [1.807, 2.05) is 37.3 Å². The van der Waals surface area contributed by atoms with E-state index >= 15 is 0 Å². The smallest absolute Gasteiger partial charge is 0.303 e. The molecule has 0 saturated carbocycles. The molecular weight excluding hydrogens is 204 g/mol. The third kappa shape index (κ3) is 2.23. The zero-order chi connectivity index (χ0) is 11.5. The van der Waals surface area contributed by atoms with Crippen LogP contribution in [0.3, 0.4) is 0 Å². The fraction of sp³-hybridized carbons (Fsp3) is 0.417. The summed E-state index contributed by atoms with van der Waals surface area (Å²) >= 11 is 0. The number of carboxylic acid groups (broad SMARTS) is 1. The van der Waals surface area contributed by atoms with Crippen LogP contribution in [0.5, 0.6) is 0 Å². The fourth-order valence-corrected chi connectivity index (χ4v) is 2.21. The highest BCUT2D eigenvalue weighted by molar-refractivity contribution is 5.67. The molecule has 0 bridgehead atoms. The Morgan fingerprint density at radius 3 is 2.62 bits per heavy atom. The Bertz CT molecular complexity index is 367. The summed E-state index contributed by atoms with van der Waals surface area (Å²) in [6.07, 6.45) is 0.181. The van der Waals surface area contributed by atoms with Crippen molar-refractivity contribution in [1.29, 1.82) is 0 Å². The first-order valence-electron chi connectivity index (χ1n) is 5.46. The number of hydrogen-bond acceptors (Lipinski definition) is 3. The van der Waals surface area contributed by atoms with Crippen LogP contribution in [0, 0.1) is 5.92 Å². The monoisotopic (exact) mass is 220 g/mol. The van der Waals surface area contributed by atoms with Crippen molar-refractivity contribution >= 4 is 5.97 Å². The zero-order valence-corrected chi connectivity index (χ0v) is 9.18. The summed E-state index contributed by atoms with van der Waals surface area (Å²) in [5.74, 6) is -0.664. The summed E-state index contributed by atoms with van der Waals surface area (Å²) in [7, 11) is 0. The molecule has 1 aromatic rings. The standard InChI is InChI=1S/C12H16N2O2/c1-8-10(7-11(15)16)12(14-13-8)9-5-3-2-4-6-9/h2-6,8,10,12-14H,7H2,1H3,(H,15,16). The predicted octanol–water partition coefficient (Wildman–Crippen LogP) is 1.31. The first-order valence-corrected chi connectivity index (χ1v) is 5.46. The van der Waals surface area contributed by atoms with Gasteiger partial charge in [-0.3, -0.25) is 10.2 Å². The van der Waals surface area contributed by atoms with Gasteiger partial charge in [-0.1, -0.05) is 30.3 Å². The number of hydrogen-bond donors (Lipinski definition) is 3. The summed E-state index contributed by atoms with van der Waals surface area (Å²) < 4.78 is 0. The summed E-state index contributed by atoms with van der Waals surface area (Å²) in [5.41, 5.74) is 7.41. The first kappa shape index (κ1) is 11.1. The van der Waals surface area contributed by atoms with E-state index in [4.69, 9.17) is 5.11 Å². The molecule has 3 unspecified atom stereocenters. The maximum Gasteiger partial charge on any atom is 0.303 e. The van der Waals surface area contributed by atoms with Gasteiger partial charge in [0.1, 0.15) is 0 Å². The van der Waals surface area contributed by atoms with E-state index in [1.54, 1.807) is 0 Å². The second-order valence-corrected chi connectivity index (χ2v) is 4.23. The molecule has 0 radical (unpaired) electrons. The molecule has 86 valence electrons. The molecule has 0 amide bonds. The molecule has 4 nitrogen and oxygen atoms in total. The summed E-state index contributed by atoms with van der Waals surface area (Å²) in [6.45, 7) is 2.00. The topological polar surface area (TPSA) is 61.4 Å². The summed E-state index contributed by atoms with van der Waals surface area (Å²) in [5, 5.41) is 8.90. The molecule has 2 rings (SSSR count). The third-order valence-corrected chi connectivity index (χ3v) is 3.11. The van der Waals surface area contributed by atoms with Gasteiger partial charge in [-0.05, 0) is 12.5 Å². The van der Waals surface area contributed by atoms with Crippen LogP contribution in [-0.2, 0) is 4.79 Å². The second-order valence-electron chi connectivity index (χ2n) is 4.23. The lowest BCUT2D eigenvalue weighted by Gasteiger charge is -2.19. The largest absolute Gasteiger partial charge is 0.481 e. The highest BCUT2D eigenvalue weighted by Crippen LogP contribution is 2.30. The summed E-state index contributed by atoms with van der Waals surface area (Å²) in [4.78, 5) is 10.8. The maximum atomic E-state index is 10.8. The lowest BCUT2D eigenvalue weighted by atomic mass is 9.88. The molecule has 4 heteroatoms. The van der Waals surface area contributed by atoms with E-state index < -0.39 is 5.97 Å². The van der Waals surface area contributed by atoms with Crippen molar-refractivity contribution < 1.29 is 9.90 Å². The molecule has 0 aromatic heterocycles. The van der Waals surface area contributed by atoms with Crippen molar-refractivity contribution in [2.24, 2.45) is 5.92 Å². The van der Waals surface area contributed by atoms with Crippen molar-refractivity contribution in [3.05, 3.63) is 35.9 Å². The Morgan fingerprint density at radius 1 is 1.31 bits per heavy atom. The Labute approximate surface area is 94.6 Å². The average molecular weight is 220 g/mol. The van der Waals surface area contributed by atoms with Crippen molar-refractivity contribution in [2.75, 3.05) is 0 Å². The van der Waals surface area contributed by atoms with Gasteiger partial charge in [-0.15, -0.1) is 0 Å². The van der Waals surface area contributed by atoms with Gasteiger partial charge >= 0.3 is 5.97 Å². The summed E-state index contributed by atoms with van der Waals surface area (Å²) in [6, 6.07) is 10.2. The molecule has 3 N–H and O–H groups in total. The molecule has 1 saturated heterocycles. The van der Waals surface area contributed by atoms with Gasteiger partial charge in [0.15, 0.2) is 0 Å². The lowest BCUT2D eigenvalue weighted by molar-refractivity contribution is -0.138. The minimum Gasteiger partial charge on any atom is -0.481 e. The van der Waals surface area contributed by atoms with Crippen LogP contribution >= 0.6 is 0 Å². The minimum absolute atomic E-state index is 0.0762. The first-order chi connectivity index (χ1) is 7.68. The number of rotatable bonds is 3. The molecule has 0 aliphatic carbocycles. The van der Waals surface area contributed by atoms with Crippen LogP contribution < -0.4 is 10.9 Å². The normalized spacial score (nSPS) is 29.2. The van der Waals surface area contributed by atoms with Gasteiger partial charge < -0.3 is 5.11 Å². The number of carboxylic acids is 1. The van der Waals surface area contributed by atoms with Crippen molar-refractivity contribution in [3.63, 3.8) is 0 Å². The van der Waals surface area contributed by atoms with Crippen molar-refractivity contribution in [1.82, 2.24) is 10.9 Å². The molecule has 1 fully saturated rings. The van der Waals surface area contributed by atoms with Gasteiger partial charge in [-0.2, -0.15) is 0 Å². The molecule has 1 heterocycles. The van der Waals surface area contributed by atoms with Gasteiger partial charge in [0.05, 0.1) is 12.5 Å². The molecule has 1 aromatic carbocycles. The van der Waals surface area contributed by atoms with Crippen molar-refractivity contribution in [2.45, 2.75) is 25.4 Å². The molecule has 1 aliphatic rings. The number of benzene rings is 1. The highest BCUT2D eigenvalue weighted by Gasteiger charge is 2.35. The van der Waals surface area contributed by atoms with Crippen LogP contribution in [0.4, 0.5) is 0 Å². The van der Waals surface area contributed by atoms with E-state index in [0.29, 0.717) is 0 Å². The number of aliphatic carboxylic acids is 1. The van der Waals surface area contributed by atoms with Crippen LogP contribution in [0.2, 0.25) is 0 Å². The molecule has 0 spiro atoms. The Balaban J connectivity index is 2.17. The molecular formula is C12H16N2O2. The minimum atomic E-state index is -0.747. The number of hydrazine groups is 1. The van der Waals surface area contributed by atoms with E-state index in [1.165, 1.54) is 0 Å². The SMILES string of the molecule is CC1NNC(c2ccccc2)C1CC(=O)O. The van der Waals surface area contributed by atoms with E-state index in [2.05, 4.69) is 10.9 Å². The Hall–Kier alpha value is -1.39. The fourth-order valence-electron chi connectivity index (χ4n) is 2.21. The second kappa shape index (κ2) is 4.63. The van der Waals surface area contributed by atoms with Crippen LogP contribution in [0.25, 0.3) is 0 Å². The number of carbonyl (C=O) groups is 1. The van der Waals surface area contributed by atoms with Crippen LogP contribution in [0.1, 0.15) is 24.9 Å². The number of nitrogens with one attached hydrogen (secondary N) is 2. The zero-order valence-electron chi connectivity index (χ0n) is 9.18. The molecule has 16 heavy (non-hydrogen) atoms. The Kier molecular flexibility index (Phi) is 3.22. The van der Waals surface area contributed by atoms with E-state index in [0.717, 1.165) is 5.56 Å². The average Bonchev–Trinajstić information content (AvgIpc) is 2.61. The predicted molar refractivity (Wildman–Crippen MR) is 60.7 cm³/mol. The molecule has 1 aliphatic heterocycles.